The van der Waals surface area contributed by atoms with Crippen LogP contribution in [-0.2, 0) is 19.3 Å². The Kier molecular flexibility index (Phi) is 6.04. The van der Waals surface area contributed by atoms with E-state index in [1.807, 2.05) is 12.2 Å². The first kappa shape index (κ1) is 20.0. The summed E-state index contributed by atoms with van der Waals surface area (Å²) >= 11 is 0. The average molecular weight is 396 g/mol. The molecule has 0 radical (unpaired) electrons. The molecule has 1 aliphatic heterocycles. The number of nitrogens with zero attached hydrogens (tertiary/aromatic N) is 1. The van der Waals surface area contributed by atoms with E-state index in [9.17, 15) is 0 Å². The fourth-order valence-electron chi connectivity index (χ4n) is 3.96. The van der Waals surface area contributed by atoms with Crippen molar-refractivity contribution in [1.82, 2.24) is 0 Å². The van der Waals surface area contributed by atoms with Crippen molar-refractivity contribution in [2.75, 3.05) is 4.90 Å². The standard InChI is InChI=1S/C28H29NO/c1-4-7-10-21-11-15-24(16-12-21)29-25-17-13-22(8-5-2)19-27(25)30-28-20-23(9-6-3)14-18-26(28)29/h5-6,11-20H,2-4,7-10H2,1H3. The number of unbranched alkanes of at least 4 members (excludes halogenated alkanes) is 1. The summed E-state index contributed by atoms with van der Waals surface area (Å²) in [6.45, 7) is 9.97. The highest BCUT2D eigenvalue weighted by atomic mass is 16.5. The highest BCUT2D eigenvalue weighted by Gasteiger charge is 2.26. The van der Waals surface area contributed by atoms with Crippen LogP contribution in [0.1, 0.15) is 36.5 Å². The number of hydrogen-bond donors (Lipinski definition) is 0. The van der Waals surface area contributed by atoms with Gasteiger partial charge in [0.2, 0.25) is 0 Å². The molecule has 3 aromatic carbocycles. The van der Waals surface area contributed by atoms with Crippen molar-refractivity contribution in [2.45, 2.75) is 39.0 Å². The summed E-state index contributed by atoms with van der Waals surface area (Å²) in [5.74, 6) is 1.76. The predicted octanol–water partition coefficient (Wildman–Crippen LogP) is 8.06. The molecule has 0 aromatic heterocycles. The minimum absolute atomic E-state index is 0.826. The van der Waals surface area contributed by atoms with Gasteiger partial charge >= 0.3 is 0 Å². The lowest BCUT2D eigenvalue weighted by atomic mass is 10.0. The maximum atomic E-state index is 6.37. The first-order valence-electron chi connectivity index (χ1n) is 10.8. The van der Waals surface area contributed by atoms with Crippen LogP contribution in [0.5, 0.6) is 11.5 Å². The number of ether oxygens (including phenoxy) is 1. The van der Waals surface area contributed by atoms with Crippen molar-refractivity contribution < 1.29 is 4.74 Å². The quantitative estimate of drug-likeness (QED) is 0.280. The number of rotatable bonds is 8. The van der Waals surface area contributed by atoms with E-state index >= 15 is 0 Å². The van der Waals surface area contributed by atoms with Gasteiger partial charge in [-0.2, -0.15) is 0 Å². The lowest BCUT2D eigenvalue weighted by molar-refractivity contribution is 0.476. The van der Waals surface area contributed by atoms with Gasteiger partial charge in [0.25, 0.3) is 0 Å². The molecule has 4 rings (SSSR count). The molecule has 0 saturated heterocycles. The third kappa shape index (κ3) is 4.04. The maximum absolute atomic E-state index is 6.37. The van der Waals surface area contributed by atoms with Gasteiger partial charge in [-0.05, 0) is 78.8 Å². The van der Waals surface area contributed by atoms with Gasteiger partial charge in [0.15, 0.2) is 11.5 Å². The summed E-state index contributed by atoms with van der Waals surface area (Å²) in [7, 11) is 0. The third-order valence-electron chi connectivity index (χ3n) is 5.52. The van der Waals surface area contributed by atoms with Crippen LogP contribution in [0.2, 0.25) is 0 Å². The highest BCUT2D eigenvalue weighted by molar-refractivity contribution is 5.86. The second-order valence-electron chi connectivity index (χ2n) is 7.80. The van der Waals surface area contributed by atoms with Crippen LogP contribution in [0, 0.1) is 0 Å². The number of hydrogen-bond acceptors (Lipinski definition) is 2. The zero-order valence-electron chi connectivity index (χ0n) is 17.7. The number of fused-ring (bicyclic) bond motifs is 2. The van der Waals surface area contributed by atoms with Crippen molar-refractivity contribution in [3.8, 4) is 11.5 Å². The monoisotopic (exact) mass is 395 g/mol. The average Bonchev–Trinajstić information content (AvgIpc) is 2.77. The van der Waals surface area contributed by atoms with E-state index in [0.29, 0.717) is 0 Å². The van der Waals surface area contributed by atoms with Crippen LogP contribution in [0.15, 0.2) is 86.0 Å². The molecule has 0 spiro atoms. The van der Waals surface area contributed by atoms with Gasteiger partial charge in [0, 0.05) is 5.69 Å². The van der Waals surface area contributed by atoms with Crippen molar-refractivity contribution in [3.63, 3.8) is 0 Å². The third-order valence-corrected chi connectivity index (χ3v) is 5.52. The second kappa shape index (κ2) is 9.04. The van der Waals surface area contributed by atoms with Gasteiger partial charge in [-0.3, -0.25) is 0 Å². The van der Waals surface area contributed by atoms with Crippen molar-refractivity contribution in [2.24, 2.45) is 0 Å². The molecule has 0 unspecified atom stereocenters. The lowest BCUT2D eigenvalue weighted by Gasteiger charge is -2.33. The Morgan fingerprint density at radius 3 is 1.80 bits per heavy atom. The van der Waals surface area contributed by atoms with Crippen LogP contribution in [0.4, 0.5) is 17.1 Å². The van der Waals surface area contributed by atoms with Gasteiger partial charge in [-0.1, -0.05) is 49.8 Å². The summed E-state index contributed by atoms with van der Waals surface area (Å²) in [4.78, 5) is 2.30. The van der Waals surface area contributed by atoms with E-state index in [2.05, 4.69) is 85.6 Å². The minimum atomic E-state index is 0.826. The zero-order valence-corrected chi connectivity index (χ0v) is 17.7. The van der Waals surface area contributed by atoms with Crippen LogP contribution < -0.4 is 9.64 Å². The summed E-state index contributed by atoms with van der Waals surface area (Å²) in [5.41, 5.74) is 7.06. The highest BCUT2D eigenvalue weighted by Crippen LogP contribution is 2.50. The molecule has 0 bridgehead atoms. The Bertz CT molecular complexity index is 989. The molecule has 2 heteroatoms. The lowest BCUT2D eigenvalue weighted by Crippen LogP contribution is -2.16. The SMILES string of the molecule is C=CCc1ccc2c(c1)Oc1cc(CC=C)ccc1N2c1ccc(CCCC)cc1. The zero-order chi connectivity index (χ0) is 20.9. The molecule has 0 atom stereocenters. The van der Waals surface area contributed by atoms with Gasteiger partial charge in [0.05, 0.1) is 11.4 Å². The molecule has 1 heterocycles. The van der Waals surface area contributed by atoms with Crippen LogP contribution in [0.3, 0.4) is 0 Å². The Hall–Kier alpha value is -3.26. The predicted molar refractivity (Wildman–Crippen MR) is 128 cm³/mol. The molecule has 0 fully saturated rings. The molecule has 0 saturated carbocycles. The summed E-state index contributed by atoms with van der Waals surface area (Å²) < 4.78 is 6.37. The molecule has 3 aromatic rings. The number of allylic oxidation sites excluding steroid dienone is 2. The largest absolute Gasteiger partial charge is 0.453 e. The normalized spacial score (nSPS) is 12.0. The first-order chi connectivity index (χ1) is 14.7. The fourth-order valence-corrected chi connectivity index (χ4v) is 3.96. The van der Waals surface area contributed by atoms with Gasteiger partial charge in [-0.25, -0.2) is 0 Å². The Labute approximate surface area is 180 Å². The minimum Gasteiger partial charge on any atom is -0.453 e. The Morgan fingerprint density at radius 2 is 1.30 bits per heavy atom. The number of benzene rings is 3. The Balaban J connectivity index is 1.78. The van der Waals surface area contributed by atoms with E-state index in [-0.39, 0.29) is 0 Å². The molecule has 0 amide bonds. The van der Waals surface area contributed by atoms with Crippen molar-refractivity contribution in [1.29, 1.82) is 0 Å². The molecule has 2 nitrogen and oxygen atoms in total. The van der Waals surface area contributed by atoms with E-state index in [4.69, 9.17) is 4.74 Å². The van der Waals surface area contributed by atoms with Crippen molar-refractivity contribution >= 4 is 17.1 Å². The molecular formula is C28H29NO. The molecular weight excluding hydrogens is 366 g/mol. The molecule has 0 aliphatic carbocycles. The number of anilines is 3. The van der Waals surface area contributed by atoms with Crippen LogP contribution in [-0.4, -0.2) is 0 Å². The summed E-state index contributed by atoms with van der Waals surface area (Å²) in [6, 6.07) is 21.8. The summed E-state index contributed by atoms with van der Waals surface area (Å²) in [6.07, 6.45) is 9.06. The second-order valence-corrected chi connectivity index (χ2v) is 7.80. The Morgan fingerprint density at radius 1 is 0.767 bits per heavy atom. The van der Waals surface area contributed by atoms with Crippen LogP contribution in [0.25, 0.3) is 0 Å². The van der Waals surface area contributed by atoms with Crippen molar-refractivity contribution in [3.05, 3.63) is 103 Å². The van der Waals surface area contributed by atoms with E-state index in [1.165, 1.54) is 29.5 Å². The topological polar surface area (TPSA) is 12.5 Å². The molecule has 1 aliphatic rings. The fraction of sp³-hybridized carbons (Fsp3) is 0.214. The van der Waals surface area contributed by atoms with E-state index in [1.54, 1.807) is 0 Å². The van der Waals surface area contributed by atoms with E-state index in [0.717, 1.165) is 47.8 Å². The maximum Gasteiger partial charge on any atom is 0.151 e. The molecule has 152 valence electrons. The van der Waals surface area contributed by atoms with Gasteiger partial charge in [0.1, 0.15) is 0 Å². The number of aryl methyl sites for hydroxylation is 1. The summed E-state index contributed by atoms with van der Waals surface area (Å²) in [5, 5.41) is 0. The molecule has 0 N–H and O–H groups in total. The first-order valence-corrected chi connectivity index (χ1v) is 10.8. The van der Waals surface area contributed by atoms with E-state index < -0.39 is 0 Å². The van der Waals surface area contributed by atoms with Crippen LogP contribution >= 0.6 is 0 Å². The molecule has 30 heavy (non-hydrogen) atoms. The van der Waals surface area contributed by atoms with Gasteiger partial charge < -0.3 is 9.64 Å². The van der Waals surface area contributed by atoms with Gasteiger partial charge in [-0.15, -0.1) is 13.2 Å². The smallest absolute Gasteiger partial charge is 0.151 e.